The molecule has 1 aliphatic rings. The highest BCUT2D eigenvalue weighted by atomic mass is 16.5. The number of hydrogen-bond acceptors (Lipinski definition) is 3. The number of imidazole rings is 1. The minimum atomic E-state index is 0.281. The lowest BCUT2D eigenvalue weighted by atomic mass is 10.1. The molecular formula is C12H14N2O2. The number of aromatic hydroxyl groups is 1. The zero-order valence-corrected chi connectivity index (χ0v) is 8.97. The maximum absolute atomic E-state index is 9.36. The summed E-state index contributed by atoms with van der Waals surface area (Å²) in [5, 5.41) is 9.36. The molecule has 0 amide bonds. The van der Waals surface area contributed by atoms with Crippen molar-refractivity contribution in [3.8, 4) is 5.75 Å². The van der Waals surface area contributed by atoms with Crippen LogP contribution in [-0.4, -0.2) is 27.7 Å². The first-order valence-electron chi connectivity index (χ1n) is 5.55. The van der Waals surface area contributed by atoms with Crippen LogP contribution in [0, 0.1) is 5.92 Å². The van der Waals surface area contributed by atoms with Crippen LogP contribution in [0.1, 0.15) is 12.2 Å². The Labute approximate surface area is 93.5 Å². The van der Waals surface area contributed by atoms with E-state index in [1.54, 1.807) is 18.3 Å². The summed E-state index contributed by atoms with van der Waals surface area (Å²) in [6, 6.07) is 3.41. The van der Waals surface area contributed by atoms with E-state index in [1.807, 2.05) is 10.6 Å². The van der Waals surface area contributed by atoms with E-state index >= 15 is 0 Å². The highest BCUT2D eigenvalue weighted by Crippen LogP contribution is 2.20. The van der Waals surface area contributed by atoms with Crippen LogP contribution in [0.4, 0.5) is 0 Å². The van der Waals surface area contributed by atoms with Crippen molar-refractivity contribution in [3.63, 3.8) is 0 Å². The van der Waals surface area contributed by atoms with Crippen LogP contribution < -0.4 is 0 Å². The summed E-state index contributed by atoms with van der Waals surface area (Å²) in [5.41, 5.74) is 0.939. The summed E-state index contributed by atoms with van der Waals surface area (Å²) in [4.78, 5) is 4.40. The SMILES string of the molecule is Oc1ccn2c(CC3CCOC3)ncc2c1. The monoisotopic (exact) mass is 218 g/mol. The molecule has 1 aliphatic heterocycles. The highest BCUT2D eigenvalue weighted by Gasteiger charge is 2.18. The van der Waals surface area contributed by atoms with Gasteiger partial charge in [-0.3, -0.25) is 0 Å². The van der Waals surface area contributed by atoms with Crippen molar-refractivity contribution in [2.24, 2.45) is 5.92 Å². The molecule has 0 radical (unpaired) electrons. The normalized spacial score (nSPS) is 20.6. The van der Waals surface area contributed by atoms with Crippen LogP contribution in [0.2, 0.25) is 0 Å². The third-order valence-electron chi connectivity index (χ3n) is 3.09. The van der Waals surface area contributed by atoms with Crippen molar-refractivity contribution in [3.05, 3.63) is 30.4 Å². The molecule has 1 unspecified atom stereocenters. The largest absolute Gasteiger partial charge is 0.508 e. The van der Waals surface area contributed by atoms with Crippen molar-refractivity contribution in [1.29, 1.82) is 0 Å². The summed E-state index contributed by atoms with van der Waals surface area (Å²) in [7, 11) is 0. The predicted molar refractivity (Wildman–Crippen MR) is 59.5 cm³/mol. The first kappa shape index (κ1) is 9.66. The van der Waals surface area contributed by atoms with Gasteiger partial charge in [0.2, 0.25) is 0 Å². The second-order valence-electron chi connectivity index (χ2n) is 4.29. The van der Waals surface area contributed by atoms with Crippen molar-refractivity contribution >= 4 is 5.52 Å². The van der Waals surface area contributed by atoms with Crippen LogP contribution in [0.15, 0.2) is 24.5 Å². The molecule has 0 aromatic carbocycles. The fraction of sp³-hybridized carbons (Fsp3) is 0.417. The van der Waals surface area contributed by atoms with Crippen LogP contribution in [0.25, 0.3) is 5.52 Å². The fourth-order valence-electron chi connectivity index (χ4n) is 2.20. The quantitative estimate of drug-likeness (QED) is 0.833. The van der Waals surface area contributed by atoms with Gasteiger partial charge in [0.05, 0.1) is 11.7 Å². The molecule has 3 heterocycles. The van der Waals surface area contributed by atoms with Crippen molar-refractivity contribution in [1.82, 2.24) is 9.38 Å². The van der Waals surface area contributed by atoms with Gasteiger partial charge in [-0.2, -0.15) is 0 Å². The average molecular weight is 218 g/mol. The molecule has 16 heavy (non-hydrogen) atoms. The number of hydrogen-bond donors (Lipinski definition) is 1. The van der Waals surface area contributed by atoms with Gasteiger partial charge in [-0.05, 0) is 18.4 Å². The predicted octanol–water partition coefficient (Wildman–Crippen LogP) is 1.62. The van der Waals surface area contributed by atoms with Crippen molar-refractivity contribution in [2.45, 2.75) is 12.8 Å². The van der Waals surface area contributed by atoms with Gasteiger partial charge in [0.1, 0.15) is 11.6 Å². The van der Waals surface area contributed by atoms with E-state index in [9.17, 15) is 5.11 Å². The molecule has 0 saturated carbocycles. The number of ether oxygens (including phenoxy) is 1. The average Bonchev–Trinajstić information content (AvgIpc) is 2.89. The van der Waals surface area contributed by atoms with Gasteiger partial charge in [-0.25, -0.2) is 4.98 Å². The second kappa shape index (κ2) is 3.79. The first-order chi connectivity index (χ1) is 7.83. The van der Waals surface area contributed by atoms with E-state index in [4.69, 9.17) is 4.74 Å². The molecular weight excluding hydrogens is 204 g/mol. The molecule has 2 aromatic heterocycles. The van der Waals surface area contributed by atoms with Gasteiger partial charge in [-0.1, -0.05) is 0 Å². The number of aromatic nitrogens is 2. The third-order valence-corrected chi connectivity index (χ3v) is 3.09. The third kappa shape index (κ3) is 1.65. The Kier molecular flexibility index (Phi) is 2.29. The topological polar surface area (TPSA) is 46.8 Å². The molecule has 1 saturated heterocycles. The van der Waals surface area contributed by atoms with Gasteiger partial charge in [0.15, 0.2) is 0 Å². The minimum Gasteiger partial charge on any atom is -0.508 e. The lowest BCUT2D eigenvalue weighted by molar-refractivity contribution is 0.185. The Hall–Kier alpha value is -1.55. The summed E-state index contributed by atoms with van der Waals surface area (Å²) < 4.78 is 7.39. The second-order valence-corrected chi connectivity index (χ2v) is 4.29. The number of fused-ring (bicyclic) bond motifs is 1. The molecule has 3 rings (SSSR count). The van der Waals surface area contributed by atoms with Crippen LogP contribution >= 0.6 is 0 Å². The minimum absolute atomic E-state index is 0.281. The molecule has 0 aliphatic carbocycles. The molecule has 4 nitrogen and oxygen atoms in total. The molecule has 4 heteroatoms. The van der Waals surface area contributed by atoms with Gasteiger partial charge < -0.3 is 14.2 Å². The van der Waals surface area contributed by atoms with E-state index in [0.717, 1.165) is 37.4 Å². The van der Waals surface area contributed by atoms with Crippen LogP contribution in [0.3, 0.4) is 0 Å². The standard InChI is InChI=1S/C12H14N2O2/c15-11-1-3-14-10(6-11)7-13-12(14)5-9-2-4-16-8-9/h1,3,6-7,9,15H,2,4-5,8H2. The Bertz CT molecular complexity index is 501. The summed E-state index contributed by atoms with van der Waals surface area (Å²) in [5.74, 6) is 1.91. The Balaban J connectivity index is 1.91. The highest BCUT2D eigenvalue weighted by molar-refractivity contribution is 5.50. The molecule has 0 bridgehead atoms. The summed E-state index contributed by atoms with van der Waals surface area (Å²) in [6.07, 6.45) is 5.72. The zero-order chi connectivity index (χ0) is 11.0. The van der Waals surface area contributed by atoms with Crippen LogP contribution in [-0.2, 0) is 11.2 Å². The Morgan fingerprint density at radius 1 is 1.56 bits per heavy atom. The Morgan fingerprint density at radius 3 is 3.31 bits per heavy atom. The first-order valence-corrected chi connectivity index (χ1v) is 5.55. The maximum atomic E-state index is 9.36. The Morgan fingerprint density at radius 2 is 2.50 bits per heavy atom. The van der Waals surface area contributed by atoms with Crippen LogP contribution in [0.5, 0.6) is 5.75 Å². The molecule has 1 fully saturated rings. The van der Waals surface area contributed by atoms with Gasteiger partial charge >= 0.3 is 0 Å². The molecule has 1 N–H and O–H groups in total. The summed E-state index contributed by atoms with van der Waals surface area (Å²) in [6.45, 7) is 1.71. The van der Waals surface area contributed by atoms with Gasteiger partial charge in [-0.15, -0.1) is 0 Å². The molecule has 2 aromatic rings. The van der Waals surface area contributed by atoms with E-state index in [0.29, 0.717) is 5.92 Å². The molecule has 0 spiro atoms. The van der Waals surface area contributed by atoms with E-state index in [1.165, 1.54) is 0 Å². The van der Waals surface area contributed by atoms with Gasteiger partial charge in [0.25, 0.3) is 0 Å². The van der Waals surface area contributed by atoms with Gasteiger partial charge in [0, 0.05) is 31.9 Å². The molecule has 1 atom stereocenters. The zero-order valence-electron chi connectivity index (χ0n) is 8.97. The van der Waals surface area contributed by atoms with E-state index in [-0.39, 0.29) is 5.75 Å². The van der Waals surface area contributed by atoms with Crippen molar-refractivity contribution < 1.29 is 9.84 Å². The van der Waals surface area contributed by atoms with E-state index in [2.05, 4.69) is 4.98 Å². The number of rotatable bonds is 2. The smallest absolute Gasteiger partial charge is 0.119 e. The molecule has 84 valence electrons. The summed E-state index contributed by atoms with van der Waals surface area (Å²) >= 11 is 0. The lowest BCUT2D eigenvalue weighted by Crippen LogP contribution is -2.06. The lowest BCUT2D eigenvalue weighted by Gasteiger charge is -2.06. The maximum Gasteiger partial charge on any atom is 0.119 e. The fourth-order valence-corrected chi connectivity index (χ4v) is 2.20. The van der Waals surface area contributed by atoms with E-state index < -0.39 is 0 Å². The van der Waals surface area contributed by atoms with Crippen molar-refractivity contribution in [2.75, 3.05) is 13.2 Å². The number of nitrogens with zero attached hydrogens (tertiary/aromatic N) is 2. The number of pyridine rings is 1.